The number of Topliss-reactive ketones (excluding diaryl/α,β-unsaturated/α-hetero) is 1. The Morgan fingerprint density at radius 1 is 1.29 bits per heavy atom. The van der Waals surface area contributed by atoms with Crippen LogP contribution >= 0.6 is 23.5 Å². The van der Waals surface area contributed by atoms with Crippen molar-refractivity contribution >= 4 is 41.2 Å². The summed E-state index contributed by atoms with van der Waals surface area (Å²) in [5.41, 5.74) is 1.14. The molecule has 1 amide bonds. The highest BCUT2D eigenvalue weighted by atomic mass is 32.2. The number of hydrogen-bond donors (Lipinski definition) is 2. The summed E-state index contributed by atoms with van der Waals surface area (Å²) in [6.45, 7) is 5.16. The molecule has 6 nitrogen and oxygen atoms in total. The summed E-state index contributed by atoms with van der Waals surface area (Å²) in [4.78, 5) is 36.5. The van der Waals surface area contributed by atoms with Crippen molar-refractivity contribution in [2.75, 3.05) is 12.9 Å². The minimum Gasteiger partial charge on any atom is -0.497 e. The highest BCUT2D eigenvalue weighted by molar-refractivity contribution is 8.04. The van der Waals surface area contributed by atoms with Gasteiger partial charge < -0.3 is 15.2 Å². The van der Waals surface area contributed by atoms with Gasteiger partial charge in [-0.15, -0.1) is 23.5 Å². The third kappa shape index (κ3) is 5.54. The molecule has 1 aromatic rings. The SMILES string of the molecule is CCC1CC(C(=O)c2ccc(OC)cc2)=C(NC(=O)CSC(C)(C)C(=O)O)S1. The van der Waals surface area contributed by atoms with E-state index in [2.05, 4.69) is 5.32 Å². The van der Waals surface area contributed by atoms with E-state index < -0.39 is 10.7 Å². The molecule has 2 N–H and O–H groups in total. The molecule has 1 heterocycles. The number of carbonyl (C=O) groups excluding carboxylic acids is 2. The molecule has 0 fully saturated rings. The normalized spacial score (nSPS) is 16.8. The van der Waals surface area contributed by atoms with Crippen LogP contribution in [-0.2, 0) is 9.59 Å². The maximum absolute atomic E-state index is 13.0. The van der Waals surface area contributed by atoms with Gasteiger partial charge in [0.15, 0.2) is 5.78 Å². The number of benzene rings is 1. The molecule has 0 saturated heterocycles. The van der Waals surface area contributed by atoms with Crippen LogP contribution in [0.4, 0.5) is 0 Å². The summed E-state index contributed by atoms with van der Waals surface area (Å²) in [5.74, 6) is -0.714. The number of ketones is 1. The van der Waals surface area contributed by atoms with Gasteiger partial charge in [-0.3, -0.25) is 14.4 Å². The maximum Gasteiger partial charge on any atom is 0.319 e. The van der Waals surface area contributed by atoms with Crippen LogP contribution in [0.25, 0.3) is 0 Å². The van der Waals surface area contributed by atoms with Crippen molar-refractivity contribution in [2.45, 2.75) is 43.6 Å². The summed E-state index contributed by atoms with van der Waals surface area (Å²) < 4.78 is 4.07. The molecule has 1 aliphatic rings. The van der Waals surface area contributed by atoms with Gasteiger partial charge in [-0.05, 0) is 51.0 Å². The van der Waals surface area contributed by atoms with Gasteiger partial charge in [0, 0.05) is 16.4 Å². The molecule has 0 aromatic heterocycles. The third-order valence-corrected chi connectivity index (χ3v) is 7.12. The number of allylic oxidation sites excluding steroid dienone is 1. The number of nitrogens with one attached hydrogen (secondary N) is 1. The van der Waals surface area contributed by atoms with Crippen LogP contribution in [0.2, 0.25) is 0 Å². The van der Waals surface area contributed by atoms with Crippen LogP contribution < -0.4 is 10.1 Å². The monoisotopic (exact) mass is 423 g/mol. The zero-order valence-corrected chi connectivity index (χ0v) is 18.0. The summed E-state index contributed by atoms with van der Waals surface area (Å²) in [5, 5.41) is 12.8. The van der Waals surface area contributed by atoms with Gasteiger partial charge in [0.05, 0.1) is 17.9 Å². The molecule has 0 bridgehead atoms. The molecule has 152 valence electrons. The second-order valence-electron chi connectivity index (χ2n) is 6.87. The Hall–Kier alpha value is -1.93. The Labute approximate surface area is 173 Å². The average molecular weight is 424 g/mol. The molecule has 1 atom stereocenters. The first-order chi connectivity index (χ1) is 13.2. The number of thioether (sulfide) groups is 2. The maximum atomic E-state index is 13.0. The highest BCUT2D eigenvalue weighted by Gasteiger charge is 2.32. The fraction of sp³-hybridized carbons (Fsp3) is 0.450. The zero-order valence-electron chi connectivity index (χ0n) is 16.4. The quantitative estimate of drug-likeness (QED) is 0.585. The molecular weight excluding hydrogens is 398 g/mol. The Balaban J connectivity index is 2.14. The van der Waals surface area contributed by atoms with E-state index in [1.54, 1.807) is 45.2 Å². The van der Waals surface area contributed by atoms with Gasteiger partial charge in [-0.2, -0.15) is 0 Å². The standard InChI is InChI=1S/C20H25NO5S2/c1-5-14-10-15(17(23)12-6-8-13(26-4)9-7-12)18(28-14)21-16(22)11-27-20(2,3)19(24)25/h6-9,14H,5,10-11H2,1-4H3,(H,21,22)(H,24,25). The molecule has 0 spiro atoms. The van der Waals surface area contributed by atoms with Gasteiger partial charge >= 0.3 is 5.97 Å². The largest absolute Gasteiger partial charge is 0.497 e. The van der Waals surface area contributed by atoms with Crippen LogP contribution in [0.3, 0.4) is 0 Å². The van der Waals surface area contributed by atoms with E-state index in [4.69, 9.17) is 9.84 Å². The fourth-order valence-electron chi connectivity index (χ4n) is 2.52. The molecular formula is C20H25NO5S2. The summed E-state index contributed by atoms with van der Waals surface area (Å²) in [7, 11) is 1.57. The van der Waals surface area contributed by atoms with Crippen molar-refractivity contribution in [3.63, 3.8) is 0 Å². The lowest BCUT2D eigenvalue weighted by molar-refractivity contribution is -0.138. The number of carboxylic acid groups (broad SMARTS) is 1. The molecule has 0 saturated carbocycles. The van der Waals surface area contributed by atoms with Crippen molar-refractivity contribution < 1.29 is 24.2 Å². The molecule has 0 radical (unpaired) electrons. The predicted molar refractivity (Wildman–Crippen MR) is 113 cm³/mol. The average Bonchev–Trinajstić information content (AvgIpc) is 3.08. The van der Waals surface area contributed by atoms with Crippen molar-refractivity contribution in [1.29, 1.82) is 0 Å². The van der Waals surface area contributed by atoms with Gasteiger partial charge in [-0.1, -0.05) is 6.92 Å². The summed E-state index contributed by atoms with van der Waals surface area (Å²) >= 11 is 2.55. The molecule has 1 unspecified atom stereocenters. The molecule has 8 heteroatoms. The second kappa shape index (κ2) is 9.52. The number of carboxylic acids is 1. The van der Waals surface area contributed by atoms with Crippen LogP contribution in [0.1, 0.15) is 44.0 Å². The summed E-state index contributed by atoms with van der Waals surface area (Å²) in [6, 6.07) is 6.89. The molecule has 2 rings (SSSR count). The van der Waals surface area contributed by atoms with Gasteiger partial charge in [0.1, 0.15) is 10.5 Å². The predicted octanol–water partition coefficient (Wildman–Crippen LogP) is 3.72. The van der Waals surface area contributed by atoms with Crippen LogP contribution in [0.15, 0.2) is 34.9 Å². The zero-order chi connectivity index (χ0) is 20.9. The third-order valence-electron chi connectivity index (χ3n) is 4.40. The minimum absolute atomic E-state index is 0.00412. The smallest absolute Gasteiger partial charge is 0.319 e. The van der Waals surface area contributed by atoms with Crippen molar-refractivity contribution in [3.8, 4) is 5.75 Å². The minimum atomic E-state index is -1.05. The van der Waals surface area contributed by atoms with Gasteiger partial charge in [0.2, 0.25) is 5.91 Å². The summed E-state index contributed by atoms with van der Waals surface area (Å²) in [6.07, 6.45) is 1.47. The number of hydrogen-bond acceptors (Lipinski definition) is 6. The topological polar surface area (TPSA) is 92.7 Å². The second-order valence-corrected chi connectivity index (χ2v) is 9.78. The first-order valence-corrected chi connectivity index (χ1v) is 10.8. The molecule has 0 aliphatic carbocycles. The Morgan fingerprint density at radius 3 is 2.46 bits per heavy atom. The van der Waals surface area contributed by atoms with E-state index in [0.717, 1.165) is 18.2 Å². The fourth-order valence-corrected chi connectivity index (χ4v) is 4.44. The lowest BCUT2D eigenvalue weighted by Crippen LogP contribution is -2.31. The number of rotatable bonds is 9. The molecule has 28 heavy (non-hydrogen) atoms. The van der Waals surface area contributed by atoms with E-state index in [1.165, 1.54) is 11.8 Å². The van der Waals surface area contributed by atoms with Crippen molar-refractivity contribution in [1.82, 2.24) is 5.32 Å². The van der Waals surface area contributed by atoms with E-state index in [9.17, 15) is 14.4 Å². The van der Waals surface area contributed by atoms with Crippen molar-refractivity contribution in [3.05, 3.63) is 40.4 Å². The van der Waals surface area contributed by atoms with Crippen LogP contribution in [-0.4, -0.2) is 45.6 Å². The Morgan fingerprint density at radius 2 is 1.93 bits per heavy atom. The molecule has 1 aromatic carbocycles. The highest BCUT2D eigenvalue weighted by Crippen LogP contribution is 2.39. The van der Waals surface area contributed by atoms with Crippen LogP contribution in [0, 0.1) is 0 Å². The van der Waals surface area contributed by atoms with Gasteiger partial charge in [0.25, 0.3) is 0 Å². The lowest BCUT2D eigenvalue weighted by atomic mass is 9.99. The Bertz CT molecular complexity index is 786. The van der Waals surface area contributed by atoms with E-state index in [1.807, 2.05) is 6.92 Å². The van der Waals surface area contributed by atoms with Crippen molar-refractivity contribution in [2.24, 2.45) is 0 Å². The number of aliphatic carboxylic acids is 1. The number of carbonyl (C=O) groups is 3. The molecule has 1 aliphatic heterocycles. The van der Waals surface area contributed by atoms with Crippen LogP contribution in [0.5, 0.6) is 5.75 Å². The lowest BCUT2D eigenvalue weighted by Gasteiger charge is -2.18. The van der Waals surface area contributed by atoms with Gasteiger partial charge in [-0.25, -0.2) is 0 Å². The first kappa shape index (κ1) is 22.4. The van der Waals surface area contributed by atoms with E-state index in [-0.39, 0.29) is 22.7 Å². The number of methoxy groups -OCH3 is 1. The van der Waals surface area contributed by atoms with E-state index in [0.29, 0.717) is 28.3 Å². The van der Waals surface area contributed by atoms with E-state index >= 15 is 0 Å². The number of amides is 1. The number of ether oxygens (including phenoxy) is 1. The first-order valence-electron chi connectivity index (χ1n) is 8.93. The Kier molecular flexibility index (Phi) is 7.60.